The minimum absolute atomic E-state index is 0.244. The Labute approximate surface area is 104 Å². The van der Waals surface area contributed by atoms with E-state index in [1.807, 2.05) is 24.3 Å². The van der Waals surface area contributed by atoms with Crippen LogP contribution in [0.3, 0.4) is 0 Å². The molecule has 0 spiro atoms. The zero-order valence-electron chi connectivity index (χ0n) is 9.59. The number of amides is 2. The van der Waals surface area contributed by atoms with Crippen LogP contribution in [0.2, 0.25) is 0 Å². The van der Waals surface area contributed by atoms with Gasteiger partial charge >= 0.3 is 0 Å². The molecule has 5 heteroatoms. The highest BCUT2D eigenvalue weighted by molar-refractivity contribution is 6.13. The van der Waals surface area contributed by atoms with Crippen LogP contribution in [0.15, 0.2) is 30.3 Å². The fourth-order valence-corrected chi connectivity index (χ4v) is 2.61. The molecule has 0 aliphatic carbocycles. The number of hydrogen-bond donors (Lipinski definition) is 1. The lowest BCUT2D eigenvalue weighted by molar-refractivity contribution is -0.140. The molecule has 2 bridgehead atoms. The summed E-state index contributed by atoms with van der Waals surface area (Å²) >= 11 is 0. The van der Waals surface area contributed by atoms with Gasteiger partial charge in [-0.25, -0.2) is 0 Å². The Morgan fingerprint density at radius 2 is 2.06 bits per heavy atom. The Kier molecular flexibility index (Phi) is 2.14. The molecule has 3 aliphatic rings. The van der Waals surface area contributed by atoms with Gasteiger partial charge in [-0.05, 0) is 25.0 Å². The number of rotatable bonds is 1. The maximum atomic E-state index is 12.4. The summed E-state index contributed by atoms with van der Waals surface area (Å²) in [5, 5.41) is 11.7. The normalized spacial score (nSPS) is 29.9. The number of carbonyl (C=O) groups excluding carboxylic acids is 2. The Morgan fingerprint density at radius 3 is 2.67 bits per heavy atom. The third-order valence-corrected chi connectivity index (χ3v) is 3.55. The van der Waals surface area contributed by atoms with Gasteiger partial charge in [-0.3, -0.25) is 14.5 Å². The number of carbonyl (C=O) groups is 2. The monoisotopic (exact) mass is 241 g/mol. The molecule has 2 amide bonds. The van der Waals surface area contributed by atoms with Gasteiger partial charge in [0.2, 0.25) is 11.4 Å². The molecule has 1 aromatic carbocycles. The summed E-state index contributed by atoms with van der Waals surface area (Å²) in [6, 6.07) is 10.5. The van der Waals surface area contributed by atoms with E-state index in [0.29, 0.717) is 18.5 Å². The molecule has 2 atom stereocenters. The summed E-state index contributed by atoms with van der Waals surface area (Å²) in [5.41, 5.74) is -0.705. The smallest absolute Gasteiger partial charge is 0.268 e. The maximum absolute atomic E-state index is 12.4. The molecular weight excluding hydrogens is 230 g/mol. The van der Waals surface area contributed by atoms with E-state index in [-0.39, 0.29) is 11.8 Å². The number of piperazine rings is 1. The molecule has 3 fully saturated rings. The van der Waals surface area contributed by atoms with Crippen molar-refractivity contribution in [3.63, 3.8) is 0 Å². The van der Waals surface area contributed by atoms with Crippen LogP contribution in [-0.2, 0) is 9.59 Å². The first-order valence-electron chi connectivity index (χ1n) is 5.80. The molecule has 3 heterocycles. The molecule has 3 saturated heterocycles. The zero-order valence-corrected chi connectivity index (χ0v) is 9.59. The van der Waals surface area contributed by atoms with Gasteiger partial charge in [0.15, 0.2) is 0 Å². The molecule has 0 radical (unpaired) electrons. The molecule has 4 rings (SSSR count). The van der Waals surface area contributed by atoms with Crippen LogP contribution in [0.1, 0.15) is 12.8 Å². The summed E-state index contributed by atoms with van der Waals surface area (Å²) in [4.78, 5) is 25.7. The number of benzene rings is 1. The van der Waals surface area contributed by atoms with Gasteiger partial charge in [0.25, 0.3) is 5.91 Å². The number of para-hydroxylation sites is 1. The molecule has 0 unspecified atom stereocenters. The summed E-state index contributed by atoms with van der Waals surface area (Å²) < 4.78 is 0. The van der Waals surface area contributed by atoms with Crippen molar-refractivity contribution in [1.82, 2.24) is 5.32 Å². The highest BCUT2D eigenvalue weighted by Crippen LogP contribution is 2.35. The molecular formula is C13H11N3O2. The largest absolute Gasteiger partial charge is 0.328 e. The predicted molar refractivity (Wildman–Crippen MR) is 63.4 cm³/mol. The van der Waals surface area contributed by atoms with Crippen LogP contribution in [0.5, 0.6) is 0 Å². The summed E-state index contributed by atoms with van der Waals surface area (Å²) in [7, 11) is 0. The van der Waals surface area contributed by atoms with E-state index < -0.39 is 11.6 Å². The highest BCUT2D eigenvalue weighted by Gasteiger charge is 2.56. The van der Waals surface area contributed by atoms with Crippen LogP contribution in [0.25, 0.3) is 0 Å². The molecule has 1 N–H and O–H groups in total. The van der Waals surface area contributed by atoms with Gasteiger partial charge in [0, 0.05) is 5.69 Å². The number of anilines is 1. The van der Waals surface area contributed by atoms with E-state index in [2.05, 4.69) is 5.32 Å². The van der Waals surface area contributed by atoms with Gasteiger partial charge in [-0.1, -0.05) is 18.2 Å². The fourth-order valence-electron chi connectivity index (χ4n) is 2.61. The second kappa shape index (κ2) is 3.57. The van der Waals surface area contributed by atoms with Crippen LogP contribution in [0.4, 0.5) is 5.69 Å². The molecule has 90 valence electrons. The third-order valence-electron chi connectivity index (χ3n) is 3.55. The van der Waals surface area contributed by atoms with E-state index in [1.165, 1.54) is 4.90 Å². The van der Waals surface area contributed by atoms with Crippen molar-refractivity contribution in [3.8, 4) is 6.07 Å². The summed E-state index contributed by atoms with van der Waals surface area (Å²) in [6.07, 6.45) is 0.919. The number of nitrogens with one attached hydrogen (secondary N) is 1. The van der Waals surface area contributed by atoms with Crippen LogP contribution >= 0.6 is 0 Å². The minimum Gasteiger partial charge on any atom is -0.328 e. The standard InChI is InChI=1S/C13H11N3O2/c14-8-13-7-6-10(11(17)15-13)16(12(13)18)9-4-2-1-3-5-9/h1-5,10H,6-7H2,(H,15,17)/t10-,13+/m1/s1. The van der Waals surface area contributed by atoms with Crippen molar-refractivity contribution in [3.05, 3.63) is 30.3 Å². The highest BCUT2D eigenvalue weighted by atomic mass is 16.2. The predicted octanol–water partition coefficient (Wildman–Crippen LogP) is 0.574. The molecule has 3 aliphatic heterocycles. The van der Waals surface area contributed by atoms with E-state index >= 15 is 0 Å². The van der Waals surface area contributed by atoms with Crippen molar-refractivity contribution in [2.24, 2.45) is 0 Å². The van der Waals surface area contributed by atoms with Gasteiger partial charge in [0.1, 0.15) is 12.1 Å². The lowest BCUT2D eigenvalue weighted by Crippen LogP contribution is -2.74. The Balaban J connectivity index is 2.09. The maximum Gasteiger partial charge on any atom is 0.268 e. The van der Waals surface area contributed by atoms with Gasteiger partial charge in [-0.2, -0.15) is 5.26 Å². The average molecular weight is 241 g/mol. The second-order valence-corrected chi connectivity index (χ2v) is 4.57. The van der Waals surface area contributed by atoms with Crippen LogP contribution < -0.4 is 10.2 Å². The van der Waals surface area contributed by atoms with Gasteiger partial charge in [-0.15, -0.1) is 0 Å². The number of nitriles is 1. The molecule has 5 nitrogen and oxygen atoms in total. The quantitative estimate of drug-likeness (QED) is 0.781. The molecule has 18 heavy (non-hydrogen) atoms. The first-order chi connectivity index (χ1) is 8.68. The second-order valence-electron chi connectivity index (χ2n) is 4.57. The van der Waals surface area contributed by atoms with Gasteiger partial charge in [0.05, 0.1) is 0 Å². The van der Waals surface area contributed by atoms with E-state index in [9.17, 15) is 14.9 Å². The van der Waals surface area contributed by atoms with Crippen molar-refractivity contribution >= 4 is 17.5 Å². The number of nitrogens with zero attached hydrogens (tertiary/aromatic N) is 2. The SMILES string of the molecule is N#C[C@]12CC[C@H](C(=O)N1)N(c1ccccc1)C2=O. The molecule has 1 aromatic rings. The van der Waals surface area contributed by atoms with Crippen molar-refractivity contribution in [2.45, 2.75) is 24.4 Å². The Morgan fingerprint density at radius 1 is 1.33 bits per heavy atom. The molecule has 0 saturated carbocycles. The molecule has 0 aromatic heterocycles. The lowest BCUT2D eigenvalue weighted by atomic mass is 9.80. The van der Waals surface area contributed by atoms with E-state index in [1.54, 1.807) is 12.1 Å². The zero-order chi connectivity index (χ0) is 12.8. The van der Waals surface area contributed by atoms with E-state index in [4.69, 9.17) is 0 Å². The number of piperidine rings is 2. The van der Waals surface area contributed by atoms with Crippen molar-refractivity contribution in [2.75, 3.05) is 4.90 Å². The third kappa shape index (κ3) is 1.26. The average Bonchev–Trinajstić information content (AvgIpc) is 2.41. The summed E-state index contributed by atoms with van der Waals surface area (Å²) in [6.45, 7) is 0. The lowest BCUT2D eigenvalue weighted by Gasteiger charge is -2.47. The van der Waals surface area contributed by atoms with Crippen molar-refractivity contribution in [1.29, 1.82) is 5.26 Å². The van der Waals surface area contributed by atoms with Crippen LogP contribution in [-0.4, -0.2) is 23.4 Å². The Bertz CT molecular complexity index is 563. The topological polar surface area (TPSA) is 73.2 Å². The fraction of sp³-hybridized carbons (Fsp3) is 0.308. The van der Waals surface area contributed by atoms with Crippen LogP contribution in [0, 0.1) is 11.3 Å². The van der Waals surface area contributed by atoms with Crippen molar-refractivity contribution < 1.29 is 9.59 Å². The Hall–Kier alpha value is -2.35. The van der Waals surface area contributed by atoms with Gasteiger partial charge < -0.3 is 5.32 Å². The number of fused-ring (bicyclic) bond motifs is 3. The minimum atomic E-state index is -1.37. The first kappa shape index (κ1) is 10.8. The first-order valence-corrected chi connectivity index (χ1v) is 5.80. The van der Waals surface area contributed by atoms with E-state index in [0.717, 1.165) is 0 Å². The summed E-state index contributed by atoms with van der Waals surface area (Å²) in [5.74, 6) is -0.571. The number of hydrogen-bond acceptors (Lipinski definition) is 3.